The number of para-hydroxylation sites is 2. The second kappa shape index (κ2) is 10.2. The van der Waals surface area contributed by atoms with Gasteiger partial charge in [-0.05, 0) is 30.2 Å². The third kappa shape index (κ3) is 4.79. The van der Waals surface area contributed by atoms with Gasteiger partial charge in [0.2, 0.25) is 5.91 Å². The Morgan fingerprint density at radius 1 is 1.15 bits per heavy atom. The van der Waals surface area contributed by atoms with Gasteiger partial charge in [0.1, 0.15) is 5.75 Å². The maximum Gasteiger partial charge on any atom is 0.230 e. The van der Waals surface area contributed by atoms with E-state index >= 15 is 0 Å². The number of benzene rings is 2. The number of hydrogen-bond donors (Lipinski definition) is 0. The summed E-state index contributed by atoms with van der Waals surface area (Å²) in [5.41, 5.74) is 3.78. The van der Waals surface area contributed by atoms with Crippen LogP contribution in [0.2, 0.25) is 0 Å². The molecule has 2 heterocycles. The van der Waals surface area contributed by atoms with Crippen LogP contribution in [-0.4, -0.2) is 32.8 Å². The second-order valence-electron chi connectivity index (χ2n) is 7.31. The molecule has 0 unspecified atom stereocenters. The molecule has 2 aromatic carbocycles. The van der Waals surface area contributed by atoms with Crippen molar-refractivity contribution in [1.29, 1.82) is 0 Å². The van der Waals surface area contributed by atoms with Gasteiger partial charge in [0, 0.05) is 25.1 Å². The molecule has 170 valence electrons. The molecule has 0 fully saturated rings. The van der Waals surface area contributed by atoms with Gasteiger partial charge in [0.25, 0.3) is 0 Å². The van der Waals surface area contributed by atoms with Crippen molar-refractivity contribution in [3.63, 3.8) is 0 Å². The SMILES string of the molecule is CCc1ccccc1N(C(C)=O)c1nc(CSc2nnc(-c3ccccc3OC)n2C)cs1. The molecule has 0 radical (unpaired) electrons. The molecule has 0 bridgehead atoms. The molecule has 0 aliphatic heterocycles. The Bertz CT molecular complexity index is 1270. The first-order valence-corrected chi connectivity index (χ1v) is 12.4. The quantitative estimate of drug-likeness (QED) is 0.311. The standard InChI is InChI=1S/C24H25N5O2S2/c1-5-17-10-6-8-12-20(17)29(16(2)30)23-25-18(14-32-23)15-33-24-27-26-22(28(24)3)19-11-7-9-13-21(19)31-4/h6-14H,5,15H2,1-4H3. The lowest BCUT2D eigenvalue weighted by molar-refractivity contribution is -0.115. The normalized spacial score (nSPS) is 10.9. The van der Waals surface area contributed by atoms with Crippen molar-refractivity contribution >= 4 is 39.8 Å². The summed E-state index contributed by atoms with van der Waals surface area (Å²) in [6.07, 6.45) is 0.842. The Kier molecular flexibility index (Phi) is 7.10. The maximum atomic E-state index is 12.5. The van der Waals surface area contributed by atoms with Gasteiger partial charge >= 0.3 is 0 Å². The molecule has 4 rings (SSSR count). The van der Waals surface area contributed by atoms with Crippen LogP contribution in [-0.2, 0) is 24.0 Å². The van der Waals surface area contributed by atoms with Crippen molar-refractivity contribution in [2.45, 2.75) is 31.2 Å². The van der Waals surface area contributed by atoms with Crippen LogP contribution in [0.25, 0.3) is 11.4 Å². The molecule has 1 amide bonds. The minimum Gasteiger partial charge on any atom is -0.496 e. The van der Waals surface area contributed by atoms with E-state index in [1.807, 2.05) is 65.5 Å². The fourth-order valence-electron chi connectivity index (χ4n) is 3.54. The number of thiazole rings is 1. The molecule has 0 saturated heterocycles. The minimum atomic E-state index is -0.0563. The van der Waals surface area contributed by atoms with Crippen molar-refractivity contribution in [2.75, 3.05) is 12.0 Å². The number of ether oxygens (including phenoxy) is 1. The topological polar surface area (TPSA) is 73.1 Å². The number of rotatable bonds is 8. The van der Waals surface area contributed by atoms with Crippen LogP contribution < -0.4 is 9.64 Å². The highest BCUT2D eigenvalue weighted by Crippen LogP contribution is 2.34. The minimum absolute atomic E-state index is 0.0563. The molecular weight excluding hydrogens is 454 g/mol. The van der Waals surface area contributed by atoms with Gasteiger partial charge in [-0.3, -0.25) is 9.69 Å². The van der Waals surface area contributed by atoms with Gasteiger partial charge in [-0.25, -0.2) is 4.98 Å². The molecule has 7 nitrogen and oxygen atoms in total. The second-order valence-corrected chi connectivity index (χ2v) is 9.09. The maximum absolute atomic E-state index is 12.5. The monoisotopic (exact) mass is 479 g/mol. The van der Waals surface area contributed by atoms with Crippen molar-refractivity contribution in [3.05, 3.63) is 65.2 Å². The largest absolute Gasteiger partial charge is 0.496 e. The molecule has 2 aromatic heterocycles. The number of nitrogens with zero attached hydrogens (tertiary/aromatic N) is 5. The lowest BCUT2D eigenvalue weighted by atomic mass is 10.1. The average Bonchev–Trinajstić information content (AvgIpc) is 3.44. The molecule has 0 atom stereocenters. The van der Waals surface area contributed by atoms with Gasteiger partial charge in [0.05, 0.1) is 24.1 Å². The predicted octanol–water partition coefficient (Wildman–Crippen LogP) is 5.49. The highest BCUT2D eigenvalue weighted by molar-refractivity contribution is 7.98. The highest BCUT2D eigenvalue weighted by atomic mass is 32.2. The summed E-state index contributed by atoms with van der Waals surface area (Å²) in [7, 11) is 3.59. The Labute approximate surface area is 201 Å². The molecule has 0 N–H and O–H groups in total. The molecule has 33 heavy (non-hydrogen) atoms. The van der Waals surface area contributed by atoms with Gasteiger partial charge in [-0.15, -0.1) is 21.5 Å². The number of methoxy groups -OCH3 is 1. The van der Waals surface area contributed by atoms with E-state index in [2.05, 4.69) is 17.1 Å². The molecule has 0 aliphatic rings. The van der Waals surface area contributed by atoms with Gasteiger partial charge in [-0.2, -0.15) is 0 Å². The van der Waals surface area contributed by atoms with Crippen LogP contribution in [0.4, 0.5) is 10.8 Å². The first kappa shape index (κ1) is 23.0. The van der Waals surface area contributed by atoms with E-state index < -0.39 is 0 Å². The summed E-state index contributed by atoms with van der Waals surface area (Å²) in [4.78, 5) is 18.9. The zero-order valence-electron chi connectivity index (χ0n) is 19.0. The van der Waals surface area contributed by atoms with E-state index in [0.717, 1.165) is 45.7 Å². The summed E-state index contributed by atoms with van der Waals surface area (Å²) in [6, 6.07) is 15.7. The van der Waals surface area contributed by atoms with Gasteiger partial charge < -0.3 is 9.30 Å². The lowest BCUT2D eigenvalue weighted by Crippen LogP contribution is -2.23. The van der Waals surface area contributed by atoms with Crippen LogP contribution in [0.3, 0.4) is 0 Å². The van der Waals surface area contributed by atoms with Crippen LogP contribution in [0.5, 0.6) is 5.75 Å². The summed E-state index contributed by atoms with van der Waals surface area (Å²) in [5.74, 6) is 2.06. The number of carbonyl (C=O) groups excluding carboxylic acids is 1. The number of aromatic nitrogens is 4. The molecule has 0 saturated carbocycles. The Balaban J connectivity index is 1.53. The van der Waals surface area contributed by atoms with Crippen LogP contribution in [0.1, 0.15) is 25.1 Å². The number of aryl methyl sites for hydroxylation is 1. The fraction of sp³-hybridized carbons (Fsp3) is 0.250. The Morgan fingerprint density at radius 3 is 2.67 bits per heavy atom. The molecule has 0 aliphatic carbocycles. The number of hydrogen-bond acceptors (Lipinski definition) is 7. The van der Waals surface area contributed by atoms with Crippen LogP contribution in [0, 0.1) is 0 Å². The van der Waals surface area contributed by atoms with E-state index in [1.165, 1.54) is 11.3 Å². The van der Waals surface area contributed by atoms with Gasteiger partial charge in [-0.1, -0.05) is 49.0 Å². The molecular formula is C24H25N5O2S2. The highest BCUT2D eigenvalue weighted by Gasteiger charge is 2.21. The Morgan fingerprint density at radius 2 is 1.91 bits per heavy atom. The smallest absolute Gasteiger partial charge is 0.230 e. The summed E-state index contributed by atoms with van der Waals surface area (Å²) < 4.78 is 7.42. The summed E-state index contributed by atoms with van der Waals surface area (Å²) in [5, 5.41) is 12.2. The van der Waals surface area contributed by atoms with Gasteiger partial charge in [0.15, 0.2) is 16.1 Å². The van der Waals surface area contributed by atoms with Crippen molar-refractivity contribution in [1.82, 2.24) is 19.7 Å². The molecule has 4 aromatic rings. The van der Waals surface area contributed by atoms with Crippen molar-refractivity contribution in [2.24, 2.45) is 7.05 Å². The zero-order chi connectivity index (χ0) is 23.4. The number of anilines is 2. The lowest BCUT2D eigenvalue weighted by Gasteiger charge is -2.20. The first-order valence-electron chi connectivity index (χ1n) is 10.5. The average molecular weight is 480 g/mol. The van der Waals surface area contributed by atoms with E-state index in [1.54, 1.807) is 30.7 Å². The zero-order valence-corrected chi connectivity index (χ0v) is 20.6. The van der Waals surface area contributed by atoms with Crippen LogP contribution >= 0.6 is 23.1 Å². The summed E-state index contributed by atoms with van der Waals surface area (Å²) >= 11 is 3.02. The number of amides is 1. The predicted molar refractivity (Wildman–Crippen MR) is 133 cm³/mol. The van der Waals surface area contributed by atoms with Crippen molar-refractivity contribution in [3.8, 4) is 17.1 Å². The molecule has 9 heteroatoms. The Hall–Kier alpha value is -3.17. The van der Waals surface area contributed by atoms with E-state index in [9.17, 15) is 4.79 Å². The summed E-state index contributed by atoms with van der Waals surface area (Å²) in [6.45, 7) is 3.66. The van der Waals surface area contributed by atoms with E-state index in [0.29, 0.717) is 10.9 Å². The fourth-order valence-corrected chi connectivity index (χ4v) is 5.33. The van der Waals surface area contributed by atoms with E-state index in [-0.39, 0.29) is 5.91 Å². The van der Waals surface area contributed by atoms with E-state index in [4.69, 9.17) is 9.72 Å². The van der Waals surface area contributed by atoms with Crippen molar-refractivity contribution < 1.29 is 9.53 Å². The number of thioether (sulfide) groups is 1. The third-order valence-corrected chi connectivity index (χ3v) is 7.12. The van der Waals surface area contributed by atoms with Crippen LogP contribution in [0.15, 0.2) is 59.1 Å². The number of carbonyl (C=O) groups is 1. The first-order chi connectivity index (χ1) is 16.0. The molecule has 0 spiro atoms. The third-order valence-electron chi connectivity index (χ3n) is 5.19.